The standard InChI is InChI=1S/C12H22N2OS/c1-9-7-14(8-11(9)13)12(15)6-10-2-4-16-5-3-10/h9-11H,2-8,13H2,1H3. The molecule has 2 rings (SSSR count). The van der Waals surface area contributed by atoms with Gasteiger partial charge in [-0.3, -0.25) is 4.79 Å². The second-order valence-electron chi connectivity index (χ2n) is 5.20. The first kappa shape index (κ1) is 12.2. The Morgan fingerprint density at radius 1 is 1.38 bits per heavy atom. The number of hydrogen-bond donors (Lipinski definition) is 1. The minimum atomic E-state index is 0.186. The van der Waals surface area contributed by atoms with Gasteiger partial charge in [0.1, 0.15) is 0 Å². The lowest BCUT2D eigenvalue weighted by molar-refractivity contribution is -0.131. The van der Waals surface area contributed by atoms with E-state index in [-0.39, 0.29) is 6.04 Å². The van der Waals surface area contributed by atoms with Crippen LogP contribution in [0.15, 0.2) is 0 Å². The van der Waals surface area contributed by atoms with Gasteiger partial charge in [0.25, 0.3) is 0 Å². The van der Waals surface area contributed by atoms with E-state index in [9.17, 15) is 4.79 Å². The van der Waals surface area contributed by atoms with Gasteiger partial charge < -0.3 is 10.6 Å². The zero-order valence-electron chi connectivity index (χ0n) is 10.0. The second kappa shape index (κ2) is 5.41. The topological polar surface area (TPSA) is 46.3 Å². The minimum absolute atomic E-state index is 0.186. The molecule has 16 heavy (non-hydrogen) atoms. The van der Waals surface area contributed by atoms with Crippen molar-refractivity contribution in [2.75, 3.05) is 24.6 Å². The fraction of sp³-hybridized carbons (Fsp3) is 0.917. The molecule has 2 fully saturated rings. The summed E-state index contributed by atoms with van der Waals surface area (Å²) in [6.07, 6.45) is 3.18. The number of nitrogens with two attached hydrogens (primary N) is 1. The van der Waals surface area contributed by atoms with Crippen LogP contribution in [0.2, 0.25) is 0 Å². The summed E-state index contributed by atoms with van der Waals surface area (Å²) in [7, 11) is 0. The fourth-order valence-corrected chi connectivity index (χ4v) is 3.73. The number of rotatable bonds is 2. The van der Waals surface area contributed by atoms with Crippen molar-refractivity contribution in [1.29, 1.82) is 0 Å². The molecule has 2 unspecified atom stereocenters. The molecule has 0 saturated carbocycles. The third-order valence-electron chi connectivity index (χ3n) is 3.83. The summed E-state index contributed by atoms with van der Waals surface area (Å²) in [4.78, 5) is 14.0. The van der Waals surface area contributed by atoms with E-state index in [1.54, 1.807) is 0 Å². The highest BCUT2D eigenvalue weighted by atomic mass is 32.2. The molecule has 4 heteroatoms. The minimum Gasteiger partial charge on any atom is -0.341 e. The second-order valence-corrected chi connectivity index (χ2v) is 6.42. The van der Waals surface area contributed by atoms with Crippen LogP contribution in [0.3, 0.4) is 0 Å². The largest absolute Gasteiger partial charge is 0.341 e. The van der Waals surface area contributed by atoms with E-state index in [2.05, 4.69) is 6.92 Å². The van der Waals surface area contributed by atoms with Crippen LogP contribution in [-0.4, -0.2) is 41.4 Å². The predicted octanol–water partition coefficient (Wildman–Crippen LogP) is 1.33. The van der Waals surface area contributed by atoms with Gasteiger partial charge in [-0.15, -0.1) is 0 Å². The number of amides is 1. The maximum Gasteiger partial charge on any atom is 0.222 e. The molecule has 2 atom stereocenters. The summed E-state index contributed by atoms with van der Waals surface area (Å²) in [6, 6.07) is 0.186. The molecule has 2 aliphatic rings. The molecule has 2 heterocycles. The first-order valence-corrected chi connectivity index (χ1v) is 7.43. The molecule has 0 aliphatic carbocycles. The van der Waals surface area contributed by atoms with Crippen LogP contribution in [0.1, 0.15) is 26.2 Å². The van der Waals surface area contributed by atoms with Crippen molar-refractivity contribution in [2.24, 2.45) is 17.6 Å². The van der Waals surface area contributed by atoms with Crippen molar-refractivity contribution < 1.29 is 4.79 Å². The monoisotopic (exact) mass is 242 g/mol. The number of likely N-dealkylation sites (tertiary alicyclic amines) is 1. The normalized spacial score (nSPS) is 32.0. The number of thioether (sulfide) groups is 1. The van der Waals surface area contributed by atoms with Gasteiger partial charge in [-0.25, -0.2) is 0 Å². The molecule has 0 aromatic heterocycles. The lowest BCUT2D eigenvalue weighted by Crippen LogP contribution is -2.33. The molecule has 0 radical (unpaired) electrons. The molecule has 0 spiro atoms. The van der Waals surface area contributed by atoms with Crippen LogP contribution < -0.4 is 5.73 Å². The van der Waals surface area contributed by atoms with Crippen LogP contribution in [0.25, 0.3) is 0 Å². The molecular formula is C12H22N2OS. The Hall–Kier alpha value is -0.220. The molecule has 92 valence electrons. The summed E-state index contributed by atoms with van der Waals surface area (Å²) in [5, 5.41) is 0. The van der Waals surface area contributed by atoms with Crippen molar-refractivity contribution in [3.8, 4) is 0 Å². The van der Waals surface area contributed by atoms with E-state index in [0.717, 1.165) is 19.5 Å². The molecule has 0 aromatic rings. The van der Waals surface area contributed by atoms with Gasteiger partial charge in [-0.2, -0.15) is 11.8 Å². The van der Waals surface area contributed by atoms with Crippen molar-refractivity contribution in [2.45, 2.75) is 32.2 Å². The molecule has 3 nitrogen and oxygen atoms in total. The molecule has 2 saturated heterocycles. The summed E-state index contributed by atoms with van der Waals surface area (Å²) in [5.74, 6) is 3.88. The SMILES string of the molecule is CC1CN(C(=O)CC2CCSCC2)CC1N. The highest BCUT2D eigenvalue weighted by Gasteiger charge is 2.30. The lowest BCUT2D eigenvalue weighted by atomic mass is 9.98. The smallest absolute Gasteiger partial charge is 0.222 e. The zero-order chi connectivity index (χ0) is 11.5. The molecular weight excluding hydrogens is 220 g/mol. The van der Waals surface area contributed by atoms with Crippen LogP contribution in [-0.2, 0) is 4.79 Å². The van der Waals surface area contributed by atoms with Crippen molar-refractivity contribution in [1.82, 2.24) is 4.90 Å². The molecule has 2 N–H and O–H groups in total. The van der Waals surface area contributed by atoms with Crippen LogP contribution in [0, 0.1) is 11.8 Å². The summed E-state index contributed by atoms with van der Waals surface area (Å²) in [5.41, 5.74) is 5.94. The number of carbonyl (C=O) groups excluding carboxylic acids is 1. The van der Waals surface area contributed by atoms with E-state index in [1.165, 1.54) is 24.3 Å². The maximum absolute atomic E-state index is 12.1. The Balaban J connectivity index is 1.79. The molecule has 0 bridgehead atoms. The Morgan fingerprint density at radius 3 is 2.62 bits per heavy atom. The van der Waals surface area contributed by atoms with Gasteiger partial charge in [-0.1, -0.05) is 6.92 Å². The van der Waals surface area contributed by atoms with Gasteiger partial charge >= 0.3 is 0 Å². The fourth-order valence-electron chi connectivity index (χ4n) is 2.52. The maximum atomic E-state index is 12.1. The third kappa shape index (κ3) is 2.92. The van der Waals surface area contributed by atoms with Crippen LogP contribution in [0.4, 0.5) is 0 Å². The van der Waals surface area contributed by atoms with E-state index in [4.69, 9.17) is 5.73 Å². The highest BCUT2D eigenvalue weighted by Crippen LogP contribution is 2.26. The average Bonchev–Trinajstić information content (AvgIpc) is 2.61. The average molecular weight is 242 g/mol. The van der Waals surface area contributed by atoms with Gasteiger partial charge in [0.05, 0.1) is 0 Å². The number of hydrogen-bond acceptors (Lipinski definition) is 3. The number of nitrogens with zero attached hydrogens (tertiary/aromatic N) is 1. The van der Waals surface area contributed by atoms with E-state index in [1.807, 2.05) is 16.7 Å². The predicted molar refractivity (Wildman–Crippen MR) is 68.4 cm³/mol. The van der Waals surface area contributed by atoms with Crippen molar-refractivity contribution in [3.05, 3.63) is 0 Å². The van der Waals surface area contributed by atoms with E-state index in [0.29, 0.717) is 17.7 Å². The van der Waals surface area contributed by atoms with Gasteiger partial charge in [0, 0.05) is 25.6 Å². The summed E-state index contributed by atoms with van der Waals surface area (Å²) < 4.78 is 0. The third-order valence-corrected chi connectivity index (χ3v) is 4.88. The van der Waals surface area contributed by atoms with E-state index < -0.39 is 0 Å². The quantitative estimate of drug-likeness (QED) is 0.794. The Kier molecular flexibility index (Phi) is 4.14. The Morgan fingerprint density at radius 2 is 2.06 bits per heavy atom. The first-order valence-electron chi connectivity index (χ1n) is 6.28. The van der Waals surface area contributed by atoms with Gasteiger partial charge in [-0.05, 0) is 36.2 Å². The summed E-state index contributed by atoms with van der Waals surface area (Å²) >= 11 is 2.01. The summed E-state index contributed by atoms with van der Waals surface area (Å²) in [6.45, 7) is 3.76. The Labute approximate surface area is 102 Å². The molecule has 1 amide bonds. The number of carbonyl (C=O) groups is 1. The van der Waals surface area contributed by atoms with Crippen molar-refractivity contribution >= 4 is 17.7 Å². The van der Waals surface area contributed by atoms with Crippen LogP contribution in [0.5, 0.6) is 0 Å². The molecule has 0 aromatic carbocycles. The Bertz CT molecular complexity index is 243. The molecule has 2 aliphatic heterocycles. The van der Waals surface area contributed by atoms with Crippen LogP contribution >= 0.6 is 11.8 Å². The van der Waals surface area contributed by atoms with Crippen molar-refractivity contribution in [3.63, 3.8) is 0 Å². The van der Waals surface area contributed by atoms with E-state index >= 15 is 0 Å². The van der Waals surface area contributed by atoms with Gasteiger partial charge in [0.2, 0.25) is 5.91 Å². The highest BCUT2D eigenvalue weighted by molar-refractivity contribution is 7.99. The zero-order valence-corrected chi connectivity index (χ0v) is 10.8. The first-order chi connectivity index (χ1) is 7.66. The van der Waals surface area contributed by atoms with Gasteiger partial charge in [0.15, 0.2) is 0 Å². The lowest BCUT2D eigenvalue weighted by Gasteiger charge is -2.23.